The highest BCUT2D eigenvalue weighted by Crippen LogP contribution is 2.28. The number of carbonyl (C=O) groups excluding carboxylic acids is 1. The van der Waals surface area contributed by atoms with Crippen molar-refractivity contribution in [3.8, 4) is 5.75 Å². The van der Waals surface area contributed by atoms with E-state index >= 15 is 0 Å². The van der Waals surface area contributed by atoms with Crippen molar-refractivity contribution in [3.63, 3.8) is 0 Å². The average Bonchev–Trinajstić information content (AvgIpc) is 3.45. The van der Waals surface area contributed by atoms with E-state index < -0.39 is 16.1 Å². The third-order valence-corrected chi connectivity index (χ3v) is 5.98. The molecule has 6 nitrogen and oxygen atoms in total. The molecule has 1 aliphatic carbocycles. The van der Waals surface area contributed by atoms with Crippen LogP contribution < -0.4 is 14.8 Å². The van der Waals surface area contributed by atoms with Crippen molar-refractivity contribution in [2.24, 2.45) is 0 Å². The summed E-state index contributed by atoms with van der Waals surface area (Å²) in [6.07, 6.45) is 1.99. The highest BCUT2D eigenvalue weighted by atomic mass is 35.5. The molecule has 0 aromatic heterocycles. The van der Waals surface area contributed by atoms with Crippen molar-refractivity contribution in [1.29, 1.82) is 0 Å². The van der Waals surface area contributed by atoms with Gasteiger partial charge in [-0.3, -0.25) is 4.79 Å². The molecule has 144 valence electrons. The molecule has 0 bridgehead atoms. The number of sulfonamides is 1. The Bertz CT molecular complexity index is 915. The van der Waals surface area contributed by atoms with E-state index in [1.165, 1.54) is 18.2 Å². The second-order valence-electron chi connectivity index (χ2n) is 6.48. The van der Waals surface area contributed by atoms with Crippen LogP contribution in [0.15, 0.2) is 53.4 Å². The number of halogens is 1. The third-order valence-electron chi connectivity index (χ3n) is 4.15. The monoisotopic (exact) mass is 408 g/mol. The van der Waals surface area contributed by atoms with Crippen LogP contribution in [0, 0.1) is 0 Å². The van der Waals surface area contributed by atoms with Crippen LogP contribution in [0.1, 0.15) is 31.4 Å². The first kappa shape index (κ1) is 19.7. The normalized spacial score (nSPS) is 15.2. The second-order valence-corrected chi connectivity index (χ2v) is 8.60. The minimum atomic E-state index is -3.76. The van der Waals surface area contributed by atoms with Crippen molar-refractivity contribution < 1.29 is 17.9 Å². The van der Waals surface area contributed by atoms with Crippen LogP contribution in [0.25, 0.3) is 0 Å². The molecule has 0 aliphatic heterocycles. The van der Waals surface area contributed by atoms with Crippen LogP contribution in [0.2, 0.25) is 5.02 Å². The largest absolute Gasteiger partial charge is 0.482 e. The first-order valence-electron chi connectivity index (χ1n) is 8.64. The fourth-order valence-corrected chi connectivity index (χ4v) is 4.07. The fourth-order valence-electron chi connectivity index (χ4n) is 2.52. The van der Waals surface area contributed by atoms with E-state index in [1.807, 2.05) is 30.3 Å². The second kappa shape index (κ2) is 8.29. The van der Waals surface area contributed by atoms with Gasteiger partial charge < -0.3 is 10.1 Å². The summed E-state index contributed by atoms with van der Waals surface area (Å²) in [4.78, 5) is 11.7. The number of rotatable bonds is 8. The van der Waals surface area contributed by atoms with Crippen molar-refractivity contribution in [2.45, 2.75) is 36.7 Å². The number of benzene rings is 2. The van der Waals surface area contributed by atoms with Crippen molar-refractivity contribution >= 4 is 27.5 Å². The van der Waals surface area contributed by atoms with E-state index in [1.54, 1.807) is 6.92 Å². The zero-order chi connectivity index (χ0) is 19.4. The molecule has 2 aromatic carbocycles. The third kappa shape index (κ3) is 5.45. The quantitative estimate of drug-likeness (QED) is 0.703. The smallest absolute Gasteiger partial charge is 0.258 e. The Hall–Kier alpha value is -2.09. The van der Waals surface area contributed by atoms with Gasteiger partial charge in [0.1, 0.15) is 5.75 Å². The summed E-state index contributed by atoms with van der Waals surface area (Å²) in [6.45, 7) is 1.61. The molecule has 1 atom stereocenters. The summed E-state index contributed by atoms with van der Waals surface area (Å²) in [5, 5.41) is 2.93. The Labute approximate surface area is 163 Å². The molecule has 2 N–H and O–H groups in total. The molecule has 1 aliphatic rings. The van der Waals surface area contributed by atoms with Gasteiger partial charge in [-0.1, -0.05) is 41.9 Å². The van der Waals surface area contributed by atoms with Crippen molar-refractivity contribution in [2.75, 3.05) is 6.61 Å². The number of hydrogen-bond acceptors (Lipinski definition) is 4. The molecular weight excluding hydrogens is 388 g/mol. The highest BCUT2D eigenvalue weighted by Gasteiger charge is 2.24. The minimum Gasteiger partial charge on any atom is -0.482 e. The number of hydrogen-bond donors (Lipinski definition) is 2. The van der Waals surface area contributed by atoms with Gasteiger partial charge >= 0.3 is 0 Å². The first-order chi connectivity index (χ1) is 12.8. The number of carbonyl (C=O) groups is 1. The van der Waals surface area contributed by atoms with Crippen molar-refractivity contribution in [3.05, 3.63) is 59.1 Å². The number of amides is 1. The molecule has 0 heterocycles. The van der Waals surface area contributed by atoms with E-state index in [4.69, 9.17) is 16.3 Å². The average molecular weight is 409 g/mol. The maximum Gasteiger partial charge on any atom is 0.258 e. The van der Waals surface area contributed by atoms with Gasteiger partial charge in [-0.2, -0.15) is 0 Å². The summed E-state index contributed by atoms with van der Waals surface area (Å²) in [6, 6.07) is 13.3. The highest BCUT2D eigenvalue weighted by molar-refractivity contribution is 7.89. The standard InChI is InChI=1S/C19H21ClN2O4S/c1-13(14-5-3-2-4-6-14)22-27(24,25)16-9-10-18(17(20)11-16)26-12-19(23)21-15-7-8-15/h2-6,9-11,13,15,22H,7-8,12H2,1H3,(H,21,23). The molecule has 0 spiro atoms. The molecule has 1 unspecified atom stereocenters. The van der Waals surface area contributed by atoms with E-state index in [0.29, 0.717) is 0 Å². The van der Waals surface area contributed by atoms with E-state index in [-0.39, 0.29) is 34.2 Å². The first-order valence-corrected chi connectivity index (χ1v) is 10.5. The molecule has 0 radical (unpaired) electrons. The molecule has 3 rings (SSSR count). The van der Waals surface area contributed by atoms with Crippen LogP contribution in [-0.4, -0.2) is 27.0 Å². The van der Waals surface area contributed by atoms with Gasteiger partial charge in [-0.25, -0.2) is 13.1 Å². The zero-order valence-electron chi connectivity index (χ0n) is 14.8. The Balaban J connectivity index is 1.65. The van der Waals surface area contributed by atoms with Gasteiger partial charge in [0.15, 0.2) is 6.61 Å². The predicted molar refractivity (Wildman–Crippen MR) is 103 cm³/mol. The number of ether oxygens (including phenoxy) is 1. The zero-order valence-corrected chi connectivity index (χ0v) is 16.4. The summed E-state index contributed by atoms with van der Waals surface area (Å²) in [5.74, 6) is 0.0429. The molecule has 2 aromatic rings. The maximum absolute atomic E-state index is 12.6. The van der Waals surface area contributed by atoms with Gasteiger partial charge in [0.05, 0.1) is 9.92 Å². The topological polar surface area (TPSA) is 84.5 Å². The van der Waals surface area contributed by atoms with Gasteiger partial charge in [-0.15, -0.1) is 0 Å². The summed E-state index contributed by atoms with van der Waals surface area (Å²) in [5.41, 5.74) is 0.855. The SMILES string of the molecule is CC(NS(=O)(=O)c1ccc(OCC(=O)NC2CC2)c(Cl)c1)c1ccccc1. The van der Waals surface area contributed by atoms with E-state index in [2.05, 4.69) is 10.0 Å². The predicted octanol–water partition coefficient (Wildman–Crippen LogP) is 3.04. The lowest BCUT2D eigenvalue weighted by Gasteiger charge is -2.15. The van der Waals surface area contributed by atoms with Crippen LogP contribution in [0.5, 0.6) is 5.75 Å². The summed E-state index contributed by atoms with van der Waals surface area (Å²) in [7, 11) is -3.76. The maximum atomic E-state index is 12.6. The lowest BCUT2D eigenvalue weighted by Crippen LogP contribution is -2.30. The summed E-state index contributed by atoms with van der Waals surface area (Å²) >= 11 is 6.14. The lowest BCUT2D eigenvalue weighted by molar-refractivity contribution is -0.123. The van der Waals surface area contributed by atoms with E-state index in [0.717, 1.165) is 18.4 Å². The Morgan fingerprint density at radius 1 is 1.22 bits per heavy atom. The van der Waals surface area contributed by atoms with Gasteiger partial charge in [-0.05, 0) is 43.5 Å². The summed E-state index contributed by atoms with van der Waals surface area (Å²) < 4.78 is 33.2. The minimum absolute atomic E-state index is 0.0325. The molecule has 1 saturated carbocycles. The van der Waals surface area contributed by atoms with Crippen molar-refractivity contribution in [1.82, 2.24) is 10.0 Å². The lowest BCUT2D eigenvalue weighted by atomic mass is 10.1. The Kier molecular flexibility index (Phi) is 6.04. The molecular formula is C19H21ClN2O4S. The molecule has 27 heavy (non-hydrogen) atoms. The van der Waals surface area contributed by atoms with E-state index in [9.17, 15) is 13.2 Å². The Morgan fingerprint density at radius 2 is 1.93 bits per heavy atom. The van der Waals surface area contributed by atoms with Gasteiger partial charge in [0.2, 0.25) is 10.0 Å². The molecule has 8 heteroatoms. The fraction of sp³-hybridized carbons (Fsp3) is 0.316. The van der Waals surface area contributed by atoms with Crippen LogP contribution in [-0.2, 0) is 14.8 Å². The van der Waals surface area contributed by atoms with Gasteiger partial charge in [0, 0.05) is 12.1 Å². The van der Waals surface area contributed by atoms with Crippen LogP contribution in [0.3, 0.4) is 0 Å². The molecule has 1 amide bonds. The number of nitrogens with one attached hydrogen (secondary N) is 2. The Morgan fingerprint density at radius 3 is 2.56 bits per heavy atom. The van der Waals surface area contributed by atoms with Crippen LogP contribution in [0.4, 0.5) is 0 Å². The molecule has 0 saturated heterocycles. The molecule has 1 fully saturated rings. The van der Waals surface area contributed by atoms with Gasteiger partial charge in [0.25, 0.3) is 5.91 Å². The van der Waals surface area contributed by atoms with Crippen LogP contribution >= 0.6 is 11.6 Å².